The lowest BCUT2D eigenvalue weighted by Gasteiger charge is -2.34. The quantitative estimate of drug-likeness (QED) is 0.329. The number of ketones is 2. The second-order valence-corrected chi connectivity index (χ2v) is 10.8. The molecular weight excluding hydrogens is 473 g/mol. The van der Waals surface area contributed by atoms with Crippen molar-refractivity contribution in [2.24, 2.45) is 5.92 Å². The van der Waals surface area contributed by atoms with Crippen molar-refractivity contribution in [1.82, 2.24) is 14.3 Å². The predicted octanol–water partition coefficient (Wildman–Crippen LogP) is 4.23. The molecule has 3 aliphatic rings. The molecule has 0 bridgehead atoms. The second kappa shape index (κ2) is 11.4. The maximum absolute atomic E-state index is 15.5. The highest BCUT2D eigenvalue weighted by Gasteiger charge is 2.52. The van der Waals surface area contributed by atoms with Gasteiger partial charge in [-0.25, -0.2) is 0 Å². The number of nitrogens with zero attached hydrogens (tertiary/aromatic N) is 4. The minimum atomic E-state index is -3.98. The molecule has 9 heteroatoms. The zero-order chi connectivity index (χ0) is 26.7. The third-order valence-electron chi connectivity index (χ3n) is 7.68. The Hall–Kier alpha value is -2.65. The van der Waals surface area contributed by atoms with E-state index >= 15 is 8.63 Å². The van der Waals surface area contributed by atoms with Gasteiger partial charge in [-0.15, -0.1) is 0 Å². The van der Waals surface area contributed by atoms with Crippen molar-refractivity contribution in [2.45, 2.75) is 53.4 Å². The fourth-order valence-electron chi connectivity index (χ4n) is 5.49. The summed E-state index contributed by atoms with van der Waals surface area (Å²) in [5.74, 6) is 0.318. The van der Waals surface area contributed by atoms with Crippen molar-refractivity contribution in [1.29, 1.82) is 0 Å². The number of halogens is 2. The Morgan fingerprint density at radius 3 is 2.49 bits per heavy atom. The summed E-state index contributed by atoms with van der Waals surface area (Å²) in [7, 11) is 0. The van der Waals surface area contributed by atoms with Crippen LogP contribution in [0.15, 0.2) is 36.1 Å². The third kappa shape index (κ3) is 6.09. The Labute approximate surface area is 219 Å². The smallest absolute Gasteiger partial charge is 0.394 e. The lowest BCUT2D eigenvalue weighted by molar-refractivity contribution is -0.362. The van der Waals surface area contributed by atoms with Crippen molar-refractivity contribution in [2.75, 3.05) is 39.3 Å². The SMILES string of the molecule is Cc1cc(C)n2c1C=C1C=CC(CCC(=O)CCCN3CCN(C/C=C/C(=O)C(C)C)CC3)=[N+]1[B-]2(F)F. The lowest BCUT2D eigenvalue weighted by atomic mass is 9.90. The van der Waals surface area contributed by atoms with Crippen molar-refractivity contribution in [3.63, 3.8) is 0 Å². The molecule has 200 valence electrons. The van der Waals surface area contributed by atoms with E-state index in [1.165, 1.54) is 0 Å². The maximum Gasteiger partial charge on any atom is 0.737 e. The van der Waals surface area contributed by atoms with Gasteiger partial charge in [0, 0.05) is 81.8 Å². The van der Waals surface area contributed by atoms with Gasteiger partial charge in [-0.2, -0.15) is 0 Å². The molecule has 4 heterocycles. The number of carbonyl (C=O) groups excluding carboxylic acids is 2. The van der Waals surface area contributed by atoms with Gasteiger partial charge in [-0.1, -0.05) is 19.9 Å². The van der Waals surface area contributed by atoms with Crippen LogP contribution in [0, 0.1) is 19.8 Å². The van der Waals surface area contributed by atoms with E-state index in [-0.39, 0.29) is 23.9 Å². The van der Waals surface area contributed by atoms with Gasteiger partial charge in [0.05, 0.1) is 0 Å². The molecule has 4 rings (SSSR count). The van der Waals surface area contributed by atoms with Gasteiger partial charge in [0.1, 0.15) is 11.5 Å². The molecule has 0 unspecified atom stereocenters. The first-order chi connectivity index (χ1) is 17.6. The van der Waals surface area contributed by atoms with Crippen LogP contribution in [-0.2, 0) is 9.59 Å². The van der Waals surface area contributed by atoms with Crippen LogP contribution < -0.4 is 0 Å². The number of rotatable bonds is 11. The van der Waals surface area contributed by atoms with Gasteiger partial charge in [-0.05, 0) is 50.2 Å². The molecule has 0 amide bonds. The first kappa shape index (κ1) is 27.4. The van der Waals surface area contributed by atoms with Gasteiger partial charge >= 0.3 is 6.97 Å². The molecule has 0 N–H and O–H groups in total. The summed E-state index contributed by atoms with van der Waals surface area (Å²) >= 11 is 0. The summed E-state index contributed by atoms with van der Waals surface area (Å²) in [5.41, 5.74) is 2.98. The van der Waals surface area contributed by atoms with E-state index in [1.807, 2.05) is 32.9 Å². The number of carbonyl (C=O) groups is 2. The lowest BCUT2D eigenvalue weighted by Crippen LogP contribution is -2.50. The molecule has 0 saturated carbocycles. The Morgan fingerprint density at radius 2 is 1.78 bits per heavy atom. The predicted molar refractivity (Wildman–Crippen MR) is 145 cm³/mol. The third-order valence-corrected chi connectivity index (χ3v) is 7.68. The minimum absolute atomic E-state index is 0.0338. The first-order valence-corrected chi connectivity index (χ1v) is 13.5. The van der Waals surface area contributed by atoms with Crippen LogP contribution in [0.2, 0.25) is 0 Å². The summed E-state index contributed by atoms with van der Waals surface area (Å²) in [6.07, 6.45) is 10.8. The van der Waals surface area contributed by atoms with E-state index in [0.29, 0.717) is 35.6 Å². The van der Waals surface area contributed by atoms with E-state index in [0.717, 1.165) is 60.2 Å². The second-order valence-electron chi connectivity index (χ2n) is 10.8. The fourth-order valence-corrected chi connectivity index (χ4v) is 5.49. The Balaban J connectivity index is 1.21. The summed E-state index contributed by atoms with van der Waals surface area (Å²) in [4.78, 5) is 29.0. The maximum atomic E-state index is 15.5. The molecule has 1 saturated heterocycles. The number of hydrogen-bond acceptors (Lipinski definition) is 4. The normalized spacial score (nSPS) is 19.6. The average Bonchev–Trinajstić information content (AvgIpc) is 3.39. The molecule has 6 nitrogen and oxygen atoms in total. The highest BCUT2D eigenvalue weighted by atomic mass is 19.2. The van der Waals surface area contributed by atoms with Crippen LogP contribution >= 0.6 is 0 Å². The van der Waals surface area contributed by atoms with Crippen LogP contribution in [0.3, 0.4) is 0 Å². The average molecular weight is 512 g/mol. The van der Waals surface area contributed by atoms with Gasteiger partial charge < -0.3 is 22.5 Å². The zero-order valence-corrected chi connectivity index (χ0v) is 22.6. The number of aromatic nitrogens is 1. The number of aryl methyl sites for hydroxylation is 2. The zero-order valence-electron chi connectivity index (χ0n) is 22.6. The van der Waals surface area contributed by atoms with Crippen LogP contribution in [0.5, 0.6) is 0 Å². The van der Waals surface area contributed by atoms with Crippen molar-refractivity contribution >= 4 is 30.3 Å². The molecule has 1 fully saturated rings. The number of hydrogen-bond donors (Lipinski definition) is 0. The standard InChI is InChI=1S/C28H39BF2N4O2/c1-21(2)28(37)8-6-14-33-17-15-32(16-18-33)13-5-7-26(36)12-11-24-9-10-25-20-27-22(3)19-23(4)34(27)29(30,31)35(24)25/h6,8-10,19-21H,5,7,11-18H2,1-4H3/b8-6+. The van der Waals surface area contributed by atoms with Crippen LogP contribution in [0.1, 0.15) is 56.5 Å². The molecule has 0 aromatic carbocycles. The molecule has 1 aromatic rings. The van der Waals surface area contributed by atoms with E-state index in [9.17, 15) is 9.59 Å². The monoisotopic (exact) mass is 512 g/mol. The number of fused-ring (bicyclic) bond motifs is 2. The van der Waals surface area contributed by atoms with Crippen molar-refractivity contribution < 1.29 is 22.7 Å². The molecule has 0 atom stereocenters. The topological polar surface area (TPSA) is 48.6 Å². The first-order valence-electron chi connectivity index (χ1n) is 13.5. The number of Topliss-reactive ketones (excluding diaryl/α,β-unsaturated/α-hetero) is 1. The van der Waals surface area contributed by atoms with Gasteiger partial charge in [0.2, 0.25) is 0 Å². The van der Waals surface area contributed by atoms with Crippen LogP contribution in [0.4, 0.5) is 8.63 Å². The Morgan fingerprint density at radius 1 is 1.08 bits per heavy atom. The highest BCUT2D eigenvalue weighted by molar-refractivity contribution is 6.58. The van der Waals surface area contributed by atoms with Crippen molar-refractivity contribution in [3.05, 3.63) is 53.0 Å². The van der Waals surface area contributed by atoms with E-state index in [2.05, 4.69) is 9.80 Å². The molecule has 1 aromatic heterocycles. The molecule has 0 radical (unpaired) electrons. The van der Waals surface area contributed by atoms with Crippen LogP contribution in [-0.4, -0.2) is 82.3 Å². The van der Waals surface area contributed by atoms with Gasteiger partial charge in [-0.3, -0.25) is 14.5 Å². The molecule has 3 aliphatic heterocycles. The molecule has 0 aliphatic carbocycles. The highest BCUT2D eigenvalue weighted by Crippen LogP contribution is 2.34. The molecule has 37 heavy (non-hydrogen) atoms. The van der Waals surface area contributed by atoms with Gasteiger partial charge in [0.25, 0.3) is 0 Å². The summed E-state index contributed by atoms with van der Waals surface area (Å²) in [5, 5.41) is 0. The van der Waals surface area contributed by atoms with E-state index in [4.69, 9.17) is 0 Å². The van der Waals surface area contributed by atoms with Gasteiger partial charge in [0.15, 0.2) is 11.5 Å². The number of allylic oxidation sites excluding steroid dienone is 3. The molecular formula is C28H39BF2N4O2. The summed E-state index contributed by atoms with van der Waals surface area (Å²) in [6.45, 7) is 8.85. The largest absolute Gasteiger partial charge is 0.737 e. The number of piperazine rings is 1. The Bertz CT molecular complexity index is 1170. The Kier molecular flexibility index (Phi) is 8.44. The minimum Gasteiger partial charge on any atom is -0.394 e. The van der Waals surface area contributed by atoms with E-state index < -0.39 is 6.97 Å². The van der Waals surface area contributed by atoms with Crippen molar-refractivity contribution in [3.8, 4) is 0 Å². The summed E-state index contributed by atoms with van der Waals surface area (Å²) in [6, 6.07) is 1.80. The summed E-state index contributed by atoms with van der Waals surface area (Å²) < 4.78 is 33.3. The molecule has 0 spiro atoms. The van der Waals surface area contributed by atoms with Crippen LogP contribution in [0.25, 0.3) is 6.08 Å². The van der Waals surface area contributed by atoms with E-state index in [1.54, 1.807) is 31.2 Å². The fraction of sp³-hybridized carbons (Fsp3) is 0.536.